The molecular formula is C23H32N6O. The molecule has 1 atom stereocenters. The van der Waals surface area contributed by atoms with Crippen molar-refractivity contribution in [3.63, 3.8) is 0 Å². The maximum atomic E-state index is 13.2. The summed E-state index contributed by atoms with van der Waals surface area (Å²) in [5, 5.41) is 3.21. The van der Waals surface area contributed by atoms with Crippen LogP contribution in [0, 0.1) is 5.92 Å². The molecule has 1 N–H and O–H groups in total. The first-order valence-corrected chi connectivity index (χ1v) is 11.1. The summed E-state index contributed by atoms with van der Waals surface area (Å²) in [5.41, 5.74) is 1.04. The lowest BCUT2D eigenvalue weighted by atomic mass is 9.90. The molecule has 0 radical (unpaired) electrons. The Hall–Kier alpha value is -2.54. The van der Waals surface area contributed by atoms with Crippen LogP contribution in [0.5, 0.6) is 0 Å². The fourth-order valence-corrected chi connectivity index (χ4v) is 4.58. The number of pyridine rings is 1. The van der Waals surface area contributed by atoms with Crippen LogP contribution < -0.4 is 5.32 Å². The lowest BCUT2D eigenvalue weighted by Crippen LogP contribution is -2.47. The van der Waals surface area contributed by atoms with Crippen LogP contribution in [0.15, 0.2) is 36.8 Å². The predicted molar refractivity (Wildman–Crippen MR) is 118 cm³/mol. The molecule has 0 spiro atoms. The van der Waals surface area contributed by atoms with E-state index in [4.69, 9.17) is 4.98 Å². The monoisotopic (exact) mass is 408 g/mol. The normalized spacial score (nSPS) is 21.0. The predicted octanol–water partition coefficient (Wildman–Crippen LogP) is 3.44. The molecule has 1 amide bonds. The Morgan fingerprint density at radius 1 is 1.10 bits per heavy atom. The summed E-state index contributed by atoms with van der Waals surface area (Å²) in [6.07, 6.45) is 9.04. The molecule has 0 bridgehead atoms. The molecule has 2 aromatic heterocycles. The van der Waals surface area contributed by atoms with E-state index in [2.05, 4.69) is 45.0 Å². The number of hydrogen-bond donors (Lipinski definition) is 1. The smallest absolute Gasteiger partial charge is 0.225 e. The van der Waals surface area contributed by atoms with Gasteiger partial charge < -0.3 is 15.1 Å². The van der Waals surface area contributed by atoms with E-state index in [1.807, 2.05) is 12.1 Å². The van der Waals surface area contributed by atoms with Crippen molar-refractivity contribution >= 4 is 17.5 Å². The van der Waals surface area contributed by atoms with Crippen molar-refractivity contribution in [1.29, 1.82) is 0 Å². The average molecular weight is 409 g/mol. The largest absolute Gasteiger partial charge is 0.342 e. The summed E-state index contributed by atoms with van der Waals surface area (Å²) in [5.74, 6) is 2.24. The third kappa shape index (κ3) is 4.95. The summed E-state index contributed by atoms with van der Waals surface area (Å²) in [6.45, 7) is 8.17. The first-order valence-electron chi connectivity index (χ1n) is 11.1. The minimum absolute atomic E-state index is 0.177. The van der Waals surface area contributed by atoms with Crippen molar-refractivity contribution < 1.29 is 4.79 Å². The van der Waals surface area contributed by atoms with Crippen LogP contribution in [-0.2, 0) is 4.79 Å². The Kier molecular flexibility index (Phi) is 6.57. The summed E-state index contributed by atoms with van der Waals surface area (Å²) in [7, 11) is 0. The van der Waals surface area contributed by atoms with E-state index in [1.54, 1.807) is 18.6 Å². The quantitative estimate of drug-likeness (QED) is 0.817. The topological polar surface area (TPSA) is 74.2 Å². The van der Waals surface area contributed by atoms with Crippen molar-refractivity contribution in [2.45, 2.75) is 51.5 Å². The summed E-state index contributed by atoms with van der Waals surface area (Å²) < 4.78 is 0. The molecule has 0 saturated carbocycles. The number of aromatic nitrogens is 3. The maximum absolute atomic E-state index is 13.2. The second-order valence-electron chi connectivity index (χ2n) is 8.69. The number of anilines is 2. The fourth-order valence-electron chi connectivity index (χ4n) is 4.58. The number of piperidine rings is 2. The van der Waals surface area contributed by atoms with Gasteiger partial charge in [-0.25, -0.2) is 9.97 Å². The first kappa shape index (κ1) is 20.7. The van der Waals surface area contributed by atoms with Crippen LogP contribution in [0.2, 0.25) is 0 Å². The van der Waals surface area contributed by atoms with Gasteiger partial charge in [0, 0.05) is 49.1 Å². The Bertz CT molecular complexity index is 835. The molecule has 2 fully saturated rings. The average Bonchev–Trinajstić information content (AvgIpc) is 2.79. The van der Waals surface area contributed by atoms with Crippen molar-refractivity contribution in [1.82, 2.24) is 24.8 Å². The van der Waals surface area contributed by atoms with Crippen LogP contribution in [0.25, 0.3) is 0 Å². The number of amides is 1. The van der Waals surface area contributed by atoms with Crippen molar-refractivity contribution in [3.8, 4) is 0 Å². The van der Waals surface area contributed by atoms with Gasteiger partial charge >= 0.3 is 0 Å². The molecule has 7 nitrogen and oxygen atoms in total. The number of likely N-dealkylation sites (tertiary alicyclic amines) is 2. The van der Waals surface area contributed by atoms with E-state index in [-0.39, 0.29) is 11.8 Å². The van der Waals surface area contributed by atoms with Gasteiger partial charge in [-0.1, -0.05) is 6.07 Å². The van der Waals surface area contributed by atoms with Gasteiger partial charge in [-0.15, -0.1) is 0 Å². The number of hydrogen-bond acceptors (Lipinski definition) is 6. The molecule has 2 aromatic rings. The minimum Gasteiger partial charge on any atom is -0.342 e. The van der Waals surface area contributed by atoms with E-state index in [9.17, 15) is 4.79 Å². The minimum atomic E-state index is 0.177. The fraction of sp³-hybridized carbons (Fsp3) is 0.565. The molecule has 0 aliphatic carbocycles. The van der Waals surface area contributed by atoms with Crippen LogP contribution in [0.1, 0.15) is 51.1 Å². The zero-order chi connectivity index (χ0) is 20.9. The van der Waals surface area contributed by atoms with E-state index >= 15 is 0 Å². The van der Waals surface area contributed by atoms with Crippen LogP contribution in [0.3, 0.4) is 0 Å². The highest BCUT2D eigenvalue weighted by Gasteiger charge is 2.32. The highest BCUT2D eigenvalue weighted by atomic mass is 16.2. The molecule has 30 heavy (non-hydrogen) atoms. The summed E-state index contributed by atoms with van der Waals surface area (Å²) >= 11 is 0. The second-order valence-corrected chi connectivity index (χ2v) is 8.69. The molecular weight excluding hydrogens is 376 g/mol. The highest BCUT2D eigenvalue weighted by molar-refractivity contribution is 5.79. The summed E-state index contributed by atoms with van der Waals surface area (Å²) in [4.78, 5) is 30.9. The lowest BCUT2D eigenvalue weighted by Gasteiger charge is -2.38. The van der Waals surface area contributed by atoms with Crippen molar-refractivity contribution in [2.75, 3.05) is 31.5 Å². The number of nitrogens with one attached hydrogen (secondary N) is 1. The molecule has 2 aliphatic heterocycles. The third-order valence-corrected chi connectivity index (χ3v) is 6.35. The second kappa shape index (κ2) is 9.51. The van der Waals surface area contributed by atoms with Gasteiger partial charge in [0.15, 0.2) is 0 Å². The third-order valence-electron chi connectivity index (χ3n) is 6.35. The molecule has 4 heterocycles. The number of rotatable bonds is 5. The number of nitrogens with zero attached hydrogens (tertiary/aromatic N) is 5. The van der Waals surface area contributed by atoms with Crippen molar-refractivity contribution in [2.24, 2.45) is 5.92 Å². The number of carbonyl (C=O) groups is 1. The van der Waals surface area contributed by atoms with E-state index < -0.39 is 0 Å². The van der Waals surface area contributed by atoms with Crippen molar-refractivity contribution in [3.05, 3.63) is 42.5 Å². The van der Waals surface area contributed by atoms with Gasteiger partial charge in [-0.05, 0) is 64.8 Å². The zero-order valence-corrected chi connectivity index (χ0v) is 18.0. The summed E-state index contributed by atoms with van der Waals surface area (Å²) in [6, 6.07) is 6.59. The Morgan fingerprint density at radius 2 is 1.93 bits per heavy atom. The van der Waals surface area contributed by atoms with E-state index in [1.165, 1.54) is 0 Å². The molecule has 2 aliphatic rings. The van der Waals surface area contributed by atoms with E-state index in [0.29, 0.717) is 17.8 Å². The molecule has 0 aromatic carbocycles. The van der Waals surface area contributed by atoms with Crippen LogP contribution in [-0.4, -0.2) is 62.9 Å². The lowest BCUT2D eigenvalue weighted by molar-refractivity contribution is -0.138. The highest BCUT2D eigenvalue weighted by Crippen LogP contribution is 2.29. The molecule has 2 saturated heterocycles. The first-order chi connectivity index (χ1) is 14.6. The SMILES string of the molecule is CC(C)N1CCC(C(=O)N2CCC[C@@H](c3cccc(Nc4cnccn4)n3)C2)CC1. The number of carbonyl (C=O) groups excluding carboxylic acids is 1. The van der Waals surface area contributed by atoms with Crippen LogP contribution >= 0.6 is 0 Å². The van der Waals surface area contributed by atoms with Gasteiger partial charge in [0.05, 0.1) is 6.20 Å². The van der Waals surface area contributed by atoms with Gasteiger partial charge in [0.1, 0.15) is 11.6 Å². The molecule has 7 heteroatoms. The van der Waals surface area contributed by atoms with Gasteiger partial charge in [-0.3, -0.25) is 9.78 Å². The Labute approximate surface area is 178 Å². The van der Waals surface area contributed by atoms with Crippen LogP contribution in [0.4, 0.5) is 11.6 Å². The Morgan fingerprint density at radius 3 is 2.67 bits per heavy atom. The molecule has 4 rings (SSSR count). The zero-order valence-electron chi connectivity index (χ0n) is 18.0. The molecule has 0 unspecified atom stereocenters. The van der Waals surface area contributed by atoms with E-state index in [0.717, 1.165) is 63.4 Å². The molecule has 160 valence electrons. The van der Waals surface area contributed by atoms with Gasteiger partial charge in [0.2, 0.25) is 5.91 Å². The van der Waals surface area contributed by atoms with Gasteiger partial charge in [-0.2, -0.15) is 0 Å². The maximum Gasteiger partial charge on any atom is 0.225 e. The van der Waals surface area contributed by atoms with Gasteiger partial charge in [0.25, 0.3) is 0 Å². The standard InChI is InChI=1S/C23H32N6O/c1-17(2)28-13-8-18(9-14-28)23(30)29-12-4-5-19(16-29)20-6-3-7-21(26-20)27-22-15-24-10-11-25-22/h3,6-7,10-11,15,17-19H,4-5,8-9,12-14,16H2,1-2H3,(H,25,26,27)/t19-/m1/s1. The Balaban J connectivity index is 1.38.